The highest BCUT2D eigenvalue weighted by molar-refractivity contribution is 5.88. The first kappa shape index (κ1) is 24.0. The van der Waals surface area contributed by atoms with E-state index in [0.717, 1.165) is 28.7 Å². The maximum Gasteiger partial charge on any atom is 0.0662 e. The molecule has 188 valence electrons. The summed E-state index contributed by atoms with van der Waals surface area (Å²) in [6.45, 7) is 6.72. The van der Waals surface area contributed by atoms with Gasteiger partial charge in [0.2, 0.25) is 0 Å². The fourth-order valence-corrected chi connectivity index (χ4v) is 5.39. The maximum absolute atomic E-state index is 4.97. The van der Waals surface area contributed by atoms with Crippen molar-refractivity contribution in [1.29, 1.82) is 0 Å². The number of fused-ring (bicyclic) bond motifs is 2. The zero-order valence-electron chi connectivity index (χ0n) is 22.2. The minimum atomic E-state index is 0.141. The first-order chi connectivity index (χ1) is 18.5. The number of aromatic nitrogens is 2. The van der Waals surface area contributed by atoms with Crippen molar-refractivity contribution in [2.45, 2.75) is 38.5 Å². The van der Waals surface area contributed by atoms with Crippen LogP contribution in [0.3, 0.4) is 0 Å². The number of H-pyrrole nitrogens is 2. The molecule has 38 heavy (non-hydrogen) atoms. The molecule has 0 spiro atoms. The van der Waals surface area contributed by atoms with Crippen LogP contribution in [0.1, 0.15) is 54.5 Å². The molecule has 0 bridgehead atoms. The molecule has 0 unspecified atom stereocenters. The summed E-state index contributed by atoms with van der Waals surface area (Å²) in [4.78, 5) is 12.0. The van der Waals surface area contributed by atoms with Gasteiger partial charge in [0, 0.05) is 46.3 Å². The number of aliphatic imine (C=N–C) groups is 1. The summed E-state index contributed by atoms with van der Waals surface area (Å²) in [5, 5.41) is 2.53. The number of nitrogens with zero attached hydrogens (tertiary/aromatic N) is 1. The molecule has 3 heteroatoms. The van der Waals surface area contributed by atoms with Crippen LogP contribution < -0.4 is 0 Å². The summed E-state index contributed by atoms with van der Waals surface area (Å²) in [5.41, 5.74) is 9.77. The van der Waals surface area contributed by atoms with E-state index >= 15 is 0 Å². The highest BCUT2D eigenvalue weighted by atomic mass is 14.7. The molecule has 0 radical (unpaired) electrons. The van der Waals surface area contributed by atoms with E-state index in [1.165, 1.54) is 33.0 Å². The fourth-order valence-electron chi connectivity index (χ4n) is 5.39. The molecule has 3 nitrogen and oxygen atoms in total. The quantitative estimate of drug-likeness (QED) is 0.216. The smallest absolute Gasteiger partial charge is 0.0662 e. The standard InChI is InChI=1S/C35H33N3/c1-35(2,3)26-18-16-24(17-19-26)21-36-32-13-7-4-10-25(32)20-29(30-22-37-33-14-8-5-11-27(30)33)31-23-38-34-15-9-6-12-28(31)34/h4-19,21-23,29,37-38H,20H2,1-3H3. The Morgan fingerprint density at radius 1 is 0.684 bits per heavy atom. The van der Waals surface area contributed by atoms with Crippen LogP contribution in [0.15, 0.2) is 114 Å². The second-order valence-corrected chi connectivity index (χ2v) is 11.1. The van der Waals surface area contributed by atoms with Gasteiger partial charge in [0.1, 0.15) is 0 Å². The summed E-state index contributed by atoms with van der Waals surface area (Å²) >= 11 is 0. The molecule has 0 amide bonds. The van der Waals surface area contributed by atoms with E-state index in [4.69, 9.17) is 4.99 Å². The van der Waals surface area contributed by atoms with Crippen molar-refractivity contribution in [3.63, 3.8) is 0 Å². The number of aromatic amines is 2. The van der Waals surface area contributed by atoms with Gasteiger partial charge in [0.05, 0.1) is 5.69 Å². The van der Waals surface area contributed by atoms with E-state index in [-0.39, 0.29) is 11.3 Å². The average molecular weight is 496 g/mol. The van der Waals surface area contributed by atoms with Gasteiger partial charge in [0.15, 0.2) is 0 Å². The predicted octanol–water partition coefficient (Wildman–Crippen LogP) is 9.07. The van der Waals surface area contributed by atoms with Gasteiger partial charge in [-0.05, 0) is 57.9 Å². The lowest BCUT2D eigenvalue weighted by molar-refractivity contribution is 0.590. The third kappa shape index (κ3) is 4.68. The van der Waals surface area contributed by atoms with Gasteiger partial charge in [-0.15, -0.1) is 0 Å². The van der Waals surface area contributed by atoms with Crippen LogP contribution in [0.25, 0.3) is 21.8 Å². The van der Waals surface area contributed by atoms with E-state index < -0.39 is 0 Å². The van der Waals surface area contributed by atoms with E-state index in [0.29, 0.717) is 0 Å². The minimum Gasteiger partial charge on any atom is -0.361 e. The van der Waals surface area contributed by atoms with Crippen LogP contribution in [0.4, 0.5) is 5.69 Å². The normalized spacial score (nSPS) is 12.3. The number of nitrogens with one attached hydrogen (secondary N) is 2. The summed E-state index contributed by atoms with van der Waals surface area (Å²) in [7, 11) is 0. The van der Waals surface area contributed by atoms with Gasteiger partial charge in [-0.25, -0.2) is 0 Å². The Bertz CT molecular complexity index is 1650. The molecule has 0 aliphatic rings. The topological polar surface area (TPSA) is 43.9 Å². The Balaban J connectivity index is 1.39. The van der Waals surface area contributed by atoms with Crippen LogP contribution >= 0.6 is 0 Å². The summed E-state index contributed by atoms with van der Waals surface area (Å²) in [5.74, 6) is 0.171. The van der Waals surface area contributed by atoms with Gasteiger partial charge in [-0.2, -0.15) is 0 Å². The van der Waals surface area contributed by atoms with Gasteiger partial charge in [-0.1, -0.05) is 99.6 Å². The molecule has 0 fully saturated rings. The molecule has 2 N–H and O–H groups in total. The van der Waals surface area contributed by atoms with E-state index in [1.54, 1.807) is 0 Å². The zero-order valence-corrected chi connectivity index (χ0v) is 22.2. The molecule has 6 aromatic rings. The highest BCUT2D eigenvalue weighted by Crippen LogP contribution is 2.38. The Morgan fingerprint density at radius 2 is 1.24 bits per heavy atom. The summed E-state index contributed by atoms with van der Waals surface area (Å²) in [6.07, 6.45) is 7.19. The van der Waals surface area contributed by atoms with Crippen molar-refractivity contribution in [2.24, 2.45) is 4.99 Å². The monoisotopic (exact) mass is 495 g/mol. The number of rotatable bonds is 6. The van der Waals surface area contributed by atoms with E-state index in [2.05, 4.69) is 140 Å². The molecule has 0 saturated heterocycles. The molecule has 0 saturated carbocycles. The maximum atomic E-state index is 4.97. The largest absolute Gasteiger partial charge is 0.361 e. The van der Waals surface area contributed by atoms with Crippen molar-refractivity contribution in [3.8, 4) is 0 Å². The molecular weight excluding hydrogens is 462 g/mol. The van der Waals surface area contributed by atoms with Crippen LogP contribution in [0.5, 0.6) is 0 Å². The molecule has 2 heterocycles. The van der Waals surface area contributed by atoms with Gasteiger partial charge >= 0.3 is 0 Å². The van der Waals surface area contributed by atoms with Crippen LogP contribution in [-0.2, 0) is 11.8 Å². The fraction of sp³-hybridized carbons (Fsp3) is 0.171. The van der Waals surface area contributed by atoms with Crippen molar-refractivity contribution < 1.29 is 0 Å². The Kier molecular flexibility index (Phi) is 6.21. The van der Waals surface area contributed by atoms with Crippen LogP contribution in [-0.4, -0.2) is 16.2 Å². The minimum absolute atomic E-state index is 0.141. The third-order valence-electron chi connectivity index (χ3n) is 7.54. The number of hydrogen-bond acceptors (Lipinski definition) is 1. The molecule has 4 aromatic carbocycles. The van der Waals surface area contributed by atoms with Crippen molar-refractivity contribution >= 4 is 33.7 Å². The van der Waals surface area contributed by atoms with Crippen molar-refractivity contribution in [3.05, 3.63) is 137 Å². The van der Waals surface area contributed by atoms with Crippen molar-refractivity contribution in [2.75, 3.05) is 0 Å². The lowest BCUT2D eigenvalue weighted by Crippen LogP contribution is -2.10. The Hall–Kier alpha value is -4.37. The number of hydrogen-bond donors (Lipinski definition) is 2. The van der Waals surface area contributed by atoms with Crippen LogP contribution in [0.2, 0.25) is 0 Å². The lowest BCUT2D eigenvalue weighted by Gasteiger charge is -2.19. The van der Waals surface area contributed by atoms with Gasteiger partial charge < -0.3 is 9.97 Å². The van der Waals surface area contributed by atoms with E-state index in [9.17, 15) is 0 Å². The number of benzene rings is 4. The second kappa shape index (κ2) is 9.83. The zero-order chi connectivity index (χ0) is 26.1. The first-order valence-electron chi connectivity index (χ1n) is 13.3. The average Bonchev–Trinajstić information content (AvgIpc) is 3.56. The SMILES string of the molecule is CC(C)(C)c1ccc(C=Nc2ccccc2CC(c2c[nH]c3ccccc23)c2c[nH]c3ccccc23)cc1. The summed E-state index contributed by atoms with van der Waals surface area (Å²) < 4.78 is 0. The third-order valence-corrected chi connectivity index (χ3v) is 7.54. The molecule has 2 aromatic heterocycles. The number of para-hydroxylation sites is 3. The van der Waals surface area contributed by atoms with Crippen LogP contribution in [0, 0.1) is 0 Å². The first-order valence-corrected chi connectivity index (χ1v) is 13.3. The Morgan fingerprint density at radius 3 is 1.84 bits per heavy atom. The molecule has 0 aliphatic carbocycles. The van der Waals surface area contributed by atoms with E-state index in [1.807, 2.05) is 6.21 Å². The molecular formula is C35H33N3. The second-order valence-electron chi connectivity index (χ2n) is 11.1. The predicted molar refractivity (Wildman–Crippen MR) is 161 cm³/mol. The molecule has 6 rings (SSSR count). The van der Waals surface area contributed by atoms with Gasteiger partial charge in [-0.3, -0.25) is 4.99 Å². The summed E-state index contributed by atoms with van der Waals surface area (Å²) in [6, 6.07) is 34.4. The Labute approximate surface area is 224 Å². The van der Waals surface area contributed by atoms with Gasteiger partial charge in [0.25, 0.3) is 0 Å². The lowest BCUT2D eigenvalue weighted by atomic mass is 9.85. The highest BCUT2D eigenvalue weighted by Gasteiger charge is 2.22. The molecule has 0 aliphatic heterocycles. The molecule has 0 atom stereocenters. The van der Waals surface area contributed by atoms with Crippen molar-refractivity contribution in [1.82, 2.24) is 9.97 Å².